The van der Waals surface area contributed by atoms with E-state index in [0.717, 1.165) is 0 Å². The first-order valence-corrected chi connectivity index (χ1v) is 10.2. The summed E-state index contributed by atoms with van der Waals surface area (Å²) in [6.07, 6.45) is 0. The van der Waals surface area contributed by atoms with E-state index >= 15 is 0 Å². The van der Waals surface area contributed by atoms with Crippen molar-refractivity contribution in [3.05, 3.63) is 76.0 Å². The van der Waals surface area contributed by atoms with Crippen LogP contribution in [0.2, 0.25) is 0 Å². The Hall–Kier alpha value is -3.73. The SMILES string of the molecule is Cc1cc(NS(=O)(=O)c2ccc(C(=O)N(C)C)cc2)n(-c2ccc([N+](=O)[O-])cc2)n1. The number of carbonyl (C=O) groups excluding carboxylic acids is 1. The number of anilines is 1. The number of aromatic nitrogens is 2. The third-order valence-corrected chi connectivity index (χ3v) is 5.56. The fourth-order valence-corrected chi connectivity index (χ4v) is 3.75. The van der Waals surface area contributed by atoms with Gasteiger partial charge in [0.1, 0.15) is 5.82 Å². The first-order chi connectivity index (χ1) is 14.1. The van der Waals surface area contributed by atoms with E-state index < -0.39 is 14.9 Å². The van der Waals surface area contributed by atoms with Gasteiger partial charge in [-0.2, -0.15) is 5.10 Å². The second-order valence-electron chi connectivity index (χ2n) is 6.69. The predicted molar refractivity (Wildman–Crippen MR) is 110 cm³/mol. The molecule has 1 amide bonds. The summed E-state index contributed by atoms with van der Waals surface area (Å²) in [5.41, 5.74) is 1.29. The molecule has 1 heterocycles. The Morgan fingerprint density at radius 1 is 1.10 bits per heavy atom. The van der Waals surface area contributed by atoms with Crippen LogP contribution in [0.5, 0.6) is 0 Å². The minimum absolute atomic E-state index is 0.0214. The molecule has 0 atom stereocenters. The quantitative estimate of drug-likeness (QED) is 0.474. The summed E-state index contributed by atoms with van der Waals surface area (Å²) in [6, 6.07) is 12.7. The minimum atomic E-state index is -3.96. The molecule has 0 bridgehead atoms. The van der Waals surface area contributed by atoms with E-state index in [4.69, 9.17) is 0 Å². The number of aryl methyl sites for hydroxylation is 1. The molecule has 0 spiro atoms. The Bertz CT molecular complexity index is 1200. The van der Waals surface area contributed by atoms with Gasteiger partial charge in [0.25, 0.3) is 21.6 Å². The number of nitro benzene ring substituents is 1. The highest BCUT2D eigenvalue weighted by Crippen LogP contribution is 2.23. The summed E-state index contributed by atoms with van der Waals surface area (Å²) in [5, 5.41) is 15.1. The summed E-state index contributed by atoms with van der Waals surface area (Å²) >= 11 is 0. The lowest BCUT2D eigenvalue weighted by Crippen LogP contribution is -2.22. The monoisotopic (exact) mass is 429 g/mol. The molecule has 0 radical (unpaired) electrons. The molecule has 0 fully saturated rings. The molecule has 0 aliphatic rings. The molecule has 0 saturated heterocycles. The Balaban J connectivity index is 1.90. The van der Waals surface area contributed by atoms with Crippen molar-refractivity contribution in [3.63, 3.8) is 0 Å². The van der Waals surface area contributed by atoms with Gasteiger partial charge >= 0.3 is 0 Å². The average Bonchev–Trinajstić information content (AvgIpc) is 3.06. The highest BCUT2D eigenvalue weighted by atomic mass is 32.2. The number of hydrogen-bond donors (Lipinski definition) is 1. The van der Waals surface area contributed by atoms with Gasteiger partial charge in [-0.15, -0.1) is 0 Å². The van der Waals surface area contributed by atoms with Crippen LogP contribution in [-0.4, -0.2) is 48.0 Å². The summed E-state index contributed by atoms with van der Waals surface area (Å²) in [6.45, 7) is 1.70. The van der Waals surface area contributed by atoms with Crippen LogP contribution in [0.3, 0.4) is 0 Å². The summed E-state index contributed by atoms with van der Waals surface area (Å²) in [5.74, 6) is -0.0615. The summed E-state index contributed by atoms with van der Waals surface area (Å²) in [7, 11) is -0.744. The molecular weight excluding hydrogens is 410 g/mol. The summed E-state index contributed by atoms with van der Waals surface area (Å²) in [4.78, 5) is 23.7. The van der Waals surface area contributed by atoms with E-state index in [2.05, 4.69) is 9.82 Å². The largest absolute Gasteiger partial charge is 0.345 e. The van der Waals surface area contributed by atoms with Gasteiger partial charge in [0, 0.05) is 37.9 Å². The average molecular weight is 429 g/mol. The lowest BCUT2D eigenvalue weighted by atomic mass is 10.2. The van der Waals surface area contributed by atoms with Crippen LogP contribution in [0.4, 0.5) is 11.5 Å². The predicted octanol–water partition coefficient (Wildman–Crippen LogP) is 2.59. The van der Waals surface area contributed by atoms with E-state index in [9.17, 15) is 23.3 Å². The molecule has 1 N–H and O–H groups in total. The maximum Gasteiger partial charge on any atom is 0.269 e. The Labute approximate surface area is 172 Å². The van der Waals surface area contributed by atoms with E-state index in [1.165, 1.54) is 58.1 Å². The first-order valence-electron chi connectivity index (χ1n) is 8.74. The van der Waals surface area contributed by atoms with Crippen LogP contribution in [-0.2, 0) is 10.0 Å². The number of benzene rings is 2. The molecule has 0 saturated carbocycles. The van der Waals surface area contributed by atoms with E-state index in [1.807, 2.05) is 0 Å². The molecule has 11 heteroatoms. The number of non-ortho nitro benzene ring substituents is 1. The van der Waals surface area contributed by atoms with Crippen molar-refractivity contribution >= 4 is 27.4 Å². The molecule has 3 aromatic rings. The van der Waals surface area contributed by atoms with Crippen molar-refractivity contribution in [3.8, 4) is 5.69 Å². The van der Waals surface area contributed by atoms with Gasteiger partial charge in [-0.25, -0.2) is 13.1 Å². The molecule has 156 valence electrons. The van der Waals surface area contributed by atoms with Crippen molar-refractivity contribution in [2.75, 3.05) is 18.8 Å². The van der Waals surface area contributed by atoms with Crippen LogP contribution in [0, 0.1) is 17.0 Å². The lowest BCUT2D eigenvalue weighted by Gasteiger charge is -2.12. The molecule has 1 aromatic heterocycles. The standard InChI is InChI=1S/C19H19N5O5S/c1-13-12-18(23(20-13)15-6-8-16(9-7-15)24(26)27)21-30(28,29)17-10-4-14(5-11-17)19(25)22(2)3/h4-12,21H,1-3H3. The van der Waals surface area contributed by atoms with Gasteiger partial charge in [0.15, 0.2) is 0 Å². The highest BCUT2D eigenvalue weighted by Gasteiger charge is 2.19. The molecular formula is C19H19N5O5S. The van der Waals surface area contributed by atoms with Crippen molar-refractivity contribution < 1.29 is 18.1 Å². The molecule has 0 aliphatic carbocycles. The number of nitrogens with zero attached hydrogens (tertiary/aromatic N) is 4. The zero-order valence-corrected chi connectivity index (χ0v) is 17.3. The van der Waals surface area contributed by atoms with Gasteiger partial charge in [-0.1, -0.05) is 0 Å². The maximum absolute atomic E-state index is 12.8. The smallest absolute Gasteiger partial charge is 0.269 e. The number of nitro groups is 1. The van der Waals surface area contributed by atoms with Gasteiger partial charge < -0.3 is 4.90 Å². The van der Waals surface area contributed by atoms with Crippen molar-refractivity contribution in [1.29, 1.82) is 0 Å². The van der Waals surface area contributed by atoms with Crippen LogP contribution < -0.4 is 4.72 Å². The zero-order valence-electron chi connectivity index (χ0n) is 16.4. The van der Waals surface area contributed by atoms with Crippen LogP contribution in [0.15, 0.2) is 59.5 Å². The van der Waals surface area contributed by atoms with Crippen LogP contribution in [0.25, 0.3) is 5.69 Å². The fraction of sp³-hybridized carbons (Fsp3) is 0.158. The zero-order chi connectivity index (χ0) is 22.1. The van der Waals surface area contributed by atoms with E-state index in [-0.39, 0.29) is 22.3 Å². The van der Waals surface area contributed by atoms with Crippen LogP contribution >= 0.6 is 0 Å². The van der Waals surface area contributed by atoms with Gasteiger partial charge in [0.05, 0.1) is 21.2 Å². The first kappa shape index (κ1) is 21.0. The molecule has 30 heavy (non-hydrogen) atoms. The second kappa shape index (κ2) is 7.95. The normalized spacial score (nSPS) is 11.2. The molecule has 0 aliphatic heterocycles. The molecule has 0 unspecified atom stereocenters. The van der Waals surface area contributed by atoms with Crippen molar-refractivity contribution in [2.45, 2.75) is 11.8 Å². The maximum atomic E-state index is 12.8. The Morgan fingerprint density at radius 3 is 2.23 bits per heavy atom. The number of amides is 1. The summed E-state index contributed by atoms with van der Waals surface area (Å²) < 4.78 is 29.5. The Kier molecular flexibility index (Phi) is 5.56. The van der Waals surface area contributed by atoms with Gasteiger partial charge in [0.2, 0.25) is 0 Å². The van der Waals surface area contributed by atoms with Crippen molar-refractivity contribution in [2.24, 2.45) is 0 Å². The van der Waals surface area contributed by atoms with Gasteiger partial charge in [-0.3, -0.25) is 19.6 Å². The third kappa shape index (κ3) is 4.30. The number of carbonyl (C=O) groups is 1. The molecule has 10 nitrogen and oxygen atoms in total. The van der Waals surface area contributed by atoms with E-state index in [1.54, 1.807) is 27.1 Å². The molecule has 3 rings (SSSR count). The lowest BCUT2D eigenvalue weighted by molar-refractivity contribution is -0.384. The highest BCUT2D eigenvalue weighted by molar-refractivity contribution is 7.92. The number of sulfonamides is 1. The number of hydrogen-bond acceptors (Lipinski definition) is 6. The van der Waals surface area contributed by atoms with Crippen molar-refractivity contribution in [1.82, 2.24) is 14.7 Å². The minimum Gasteiger partial charge on any atom is -0.345 e. The number of rotatable bonds is 6. The third-order valence-electron chi connectivity index (χ3n) is 4.19. The van der Waals surface area contributed by atoms with E-state index in [0.29, 0.717) is 16.9 Å². The number of nitrogens with one attached hydrogen (secondary N) is 1. The fourth-order valence-electron chi connectivity index (χ4n) is 2.72. The topological polar surface area (TPSA) is 127 Å². The molecule has 2 aromatic carbocycles. The van der Waals surface area contributed by atoms with Crippen LogP contribution in [0.1, 0.15) is 16.1 Å². The Morgan fingerprint density at radius 2 is 1.70 bits per heavy atom. The van der Waals surface area contributed by atoms with Gasteiger partial charge in [-0.05, 0) is 43.3 Å². The second-order valence-corrected chi connectivity index (χ2v) is 8.37.